The fraction of sp³-hybridized carbons (Fsp3) is 0.727. The molecule has 84 valence electrons. The summed E-state index contributed by atoms with van der Waals surface area (Å²) in [6, 6.07) is 0. The Morgan fingerprint density at radius 2 is 2.13 bits per heavy atom. The highest BCUT2D eigenvalue weighted by atomic mass is 16.6. The van der Waals surface area contributed by atoms with Gasteiger partial charge in [-0.1, -0.05) is 0 Å². The molecule has 1 amide bonds. The monoisotopic (exact) mass is 211 g/mol. The molecule has 0 atom stereocenters. The van der Waals surface area contributed by atoms with E-state index in [1.807, 2.05) is 26.8 Å². The van der Waals surface area contributed by atoms with Crippen LogP contribution in [0.4, 0.5) is 4.79 Å². The third-order valence-corrected chi connectivity index (χ3v) is 2.51. The maximum atomic E-state index is 11.6. The molecule has 2 rings (SSSR count). The number of hydrogen-bond donors (Lipinski definition) is 0. The van der Waals surface area contributed by atoms with E-state index in [1.165, 1.54) is 0 Å². The molecule has 0 bridgehead atoms. The first-order chi connectivity index (χ1) is 6.90. The zero-order valence-corrected chi connectivity index (χ0v) is 9.45. The Morgan fingerprint density at radius 1 is 1.47 bits per heavy atom. The first-order valence-corrected chi connectivity index (χ1v) is 5.21. The van der Waals surface area contributed by atoms with Crippen molar-refractivity contribution >= 4 is 6.09 Å². The van der Waals surface area contributed by atoms with Crippen molar-refractivity contribution in [2.24, 2.45) is 0 Å². The molecule has 0 aromatic rings. The second kappa shape index (κ2) is 3.15. The van der Waals surface area contributed by atoms with Gasteiger partial charge in [0.1, 0.15) is 11.2 Å². The van der Waals surface area contributed by atoms with E-state index in [2.05, 4.69) is 0 Å². The van der Waals surface area contributed by atoms with Gasteiger partial charge in [0.2, 0.25) is 0 Å². The highest BCUT2D eigenvalue weighted by Crippen LogP contribution is 2.34. The molecule has 4 nitrogen and oxygen atoms in total. The lowest BCUT2D eigenvalue weighted by Gasteiger charge is -2.46. The predicted octanol–water partition coefficient (Wildman–Crippen LogP) is 1.91. The molecule has 0 aliphatic carbocycles. The fourth-order valence-electron chi connectivity index (χ4n) is 1.81. The summed E-state index contributed by atoms with van der Waals surface area (Å²) in [6.07, 6.45) is 4.36. The minimum atomic E-state index is -0.422. The lowest BCUT2D eigenvalue weighted by molar-refractivity contribution is -0.0919. The molecule has 0 aromatic heterocycles. The molecule has 2 heterocycles. The molecule has 4 heteroatoms. The summed E-state index contributed by atoms with van der Waals surface area (Å²) in [6.45, 7) is 6.88. The van der Waals surface area contributed by atoms with Gasteiger partial charge in [-0.15, -0.1) is 0 Å². The van der Waals surface area contributed by atoms with Crippen molar-refractivity contribution in [1.29, 1.82) is 0 Å². The SMILES string of the molecule is CC(C)(C)OC(=O)N1CC2(CC=CO2)C1. The van der Waals surface area contributed by atoms with Gasteiger partial charge in [-0.05, 0) is 26.8 Å². The van der Waals surface area contributed by atoms with Gasteiger partial charge in [0.15, 0.2) is 0 Å². The third kappa shape index (κ3) is 2.08. The number of carbonyl (C=O) groups is 1. The molecule has 1 spiro atoms. The maximum Gasteiger partial charge on any atom is 0.410 e. The summed E-state index contributed by atoms with van der Waals surface area (Å²) in [4.78, 5) is 13.3. The minimum Gasteiger partial charge on any atom is -0.491 e. The number of amides is 1. The van der Waals surface area contributed by atoms with Gasteiger partial charge in [0.25, 0.3) is 0 Å². The van der Waals surface area contributed by atoms with Gasteiger partial charge in [-0.2, -0.15) is 0 Å². The van der Waals surface area contributed by atoms with Crippen molar-refractivity contribution in [2.75, 3.05) is 13.1 Å². The molecule has 2 aliphatic heterocycles. The molecule has 0 radical (unpaired) electrons. The molecular formula is C11H17NO3. The Labute approximate surface area is 89.8 Å². The molecule has 1 saturated heterocycles. The van der Waals surface area contributed by atoms with Gasteiger partial charge in [0, 0.05) is 6.42 Å². The summed E-state index contributed by atoms with van der Waals surface area (Å²) < 4.78 is 10.7. The first-order valence-electron chi connectivity index (χ1n) is 5.21. The Bertz CT molecular complexity index is 287. The van der Waals surface area contributed by atoms with Crippen molar-refractivity contribution in [2.45, 2.75) is 38.4 Å². The summed E-state index contributed by atoms with van der Waals surface area (Å²) in [5.74, 6) is 0. The van der Waals surface area contributed by atoms with Crippen molar-refractivity contribution in [3.63, 3.8) is 0 Å². The molecule has 1 fully saturated rings. The van der Waals surface area contributed by atoms with Crippen LogP contribution in [0.2, 0.25) is 0 Å². The fourth-order valence-corrected chi connectivity index (χ4v) is 1.81. The molecule has 2 aliphatic rings. The van der Waals surface area contributed by atoms with E-state index in [0.29, 0.717) is 13.1 Å². The van der Waals surface area contributed by atoms with E-state index in [-0.39, 0.29) is 11.7 Å². The molecule has 0 aromatic carbocycles. The van der Waals surface area contributed by atoms with Crippen LogP contribution < -0.4 is 0 Å². The van der Waals surface area contributed by atoms with Crippen LogP contribution in [0.25, 0.3) is 0 Å². The third-order valence-electron chi connectivity index (χ3n) is 2.51. The van der Waals surface area contributed by atoms with Crippen molar-refractivity contribution < 1.29 is 14.3 Å². The lowest BCUT2D eigenvalue weighted by atomic mass is 9.92. The summed E-state index contributed by atoms with van der Waals surface area (Å²) in [5, 5.41) is 0. The number of carbonyl (C=O) groups excluding carboxylic acids is 1. The second-order valence-electron chi connectivity index (χ2n) is 5.21. The van der Waals surface area contributed by atoms with E-state index < -0.39 is 5.60 Å². The standard InChI is InChI=1S/C11H17NO3/c1-10(2,3)15-9(13)12-7-11(8-12)5-4-6-14-11/h4,6H,5,7-8H2,1-3H3. The average molecular weight is 211 g/mol. The minimum absolute atomic E-state index is 0.142. The van der Waals surface area contributed by atoms with Crippen LogP contribution in [0.1, 0.15) is 27.2 Å². The van der Waals surface area contributed by atoms with Crippen LogP contribution in [-0.2, 0) is 9.47 Å². The largest absolute Gasteiger partial charge is 0.491 e. The molecule has 0 saturated carbocycles. The van der Waals surface area contributed by atoms with E-state index in [1.54, 1.807) is 11.2 Å². The molecule has 0 N–H and O–H groups in total. The molecule has 15 heavy (non-hydrogen) atoms. The van der Waals surface area contributed by atoms with Crippen molar-refractivity contribution in [3.05, 3.63) is 12.3 Å². The molecular weight excluding hydrogens is 194 g/mol. The second-order valence-corrected chi connectivity index (χ2v) is 5.21. The van der Waals surface area contributed by atoms with Gasteiger partial charge >= 0.3 is 6.09 Å². The van der Waals surface area contributed by atoms with Crippen LogP contribution in [0.5, 0.6) is 0 Å². The van der Waals surface area contributed by atoms with Gasteiger partial charge in [-0.25, -0.2) is 4.79 Å². The van der Waals surface area contributed by atoms with Gasteiger partial charge in [-0.3, -0.25) is 0 Å². The van der Waals surface area contributed by atoms with Crippen molar-refractivity contribution in [3.8, 4) is 0 Å². The van der Waals surface area contributed by atoms with Gasteiger partial charge in [0.05, 0.1) is 19.4 Å². The zero-order chi connectivity index (χ0) is 11.1. The topological polar surface area (TPSA) is 38.8 Å². The van der Waals surface area contributed by atoms with Crippen LogP contribution >= 0.6 is 0 Å². The van der Waals surface area contributed by atoms with Crippen LogP contribution in [0, 0.1) is 0 Å². The van der Waals surface area contributed by atoms with E-state index in [0.717, 1.165) is 6.42 Å². The number of nitrogens with zero attached hydrogens (tertiary/aromatic N) is 1. The number of hydrogen-bond acceptors (Lipinski definition) is 3. The zero-order valence-electron chi connectivity index (χ0n) is 9.45. The van der Waals surface area contributed by atoms with Gasteiger partial charge < -0.3 is 14.4 Å². The number of rotatable bonds is 0. The van der Waals surface area contributed by atoms with E-state index in [4.69, 9.17) is 9.47 Å². The lowest BCUT2D eigenvalue weighted by Crippen LogP contribution is -2.63. The summed E-state index contributed by atoms with van der Waals surface area (Å²) in [5.41, 5.74) is -0.564. The summed E-state index contributed by atoms with van der Waals surface area (Å²) in [7, 11) is 0. The smallest absolute Gasteiger partial charge is 0.410 e. The van der Waals surface area contributed by atoms with Crippen molar-refractivity contribution in [1.82, 2.24) is 4.90 Å². The number of likely N-dealkylation sites (tertiary alicyclic amines) is 1. The Hall–Kier alpha value is -1.19. The van der Waals surface area contributed by atoms with Crippen LogP contribution in [0.15, 0.2) is 12.3 Å². The average Bonchev–Trinajstić information content (AvgIpc) is 2.44. The normalized spacial score (nSPS) is 22.5. The van der Waals surface area contributed by atoms with Crippen LogP contribution in [-0.4, -0.2) is 35.3 Å². The molecule has 0 unspecified atom stereocenters. The van der Waals surface area contributed by atoms with E-state index in [9.17, 15) is 4.79 Å². The Balaban J connectivity index is 1.82. The van der Waals surface area contributed by atoms with Crippen LogP contribution in [0.3, 0.4) is 0 Å². The number of ether oxygens (including phenoxy) is 2. The first kappa shape index (κ1) is 10.3. The Kier molecular flexibility index (Phi) is 2.17. The summed E-state index contributed by atoms with van der Waals surface area (Å²) >= 11 is 0. The highest BCUT2D eigenvalue weighted by molar-refractivity contribution is 5.69. The Morgan fingerprint density at radius 3 is 2.60 bits per heavy atom. The maximum absolute atomic E-state index is 11.6. The predicted molar refractivity (Wildman–Crippen MR) is 55.4 cm³/mol. The van der Waals surface area contributed by atoms with E-state index >= 15 is 0 Å². The highest BCUT2D eigenvalue weighted by Gasteiger charge is 2.48. The quantitative estimate of drug-likeness (QED) is 0.614.